The number of nitrogens with zero attached hydrogens (tertiary/aromatic N) is 8. The van der Waals surface area contributed by atoms with Gasteiger partial charge in [0, 0.05) is 26.2 Å². The maximum atomic E-state index is 4.59. The molecule has 0 N–H and O–H groups in total. The van der Waals surface area contributed by atoms with Crippen molar-refractivity contribution in [2.75, 3.05) is 0 Å². The molecular weight excluding hydrogens is 268 g/mol. The molecule has 4 heterocycles. The zero-order chi connectivity index (χ0) is 14.4. The minimum absolute atomic E-state index is 0.727. The van der Waals surface area contributed by atoms with Gasteiger partial charge in [-0.25, -0.2) is 14.5 Å². The Morgan fingerprint density at radius 1 is 1.19 bits per heavy atom. The number of fused-ring (bicyclic) bond motifs is 3. The van der Waals surface area contributed by atoms with Crippen molar-refractivity contribution < 1.29 is 0 Å². The summed E-state index contributed by atoms with van der Waals surface area (Å²) >= 11 is 0. The molecule has 0 spiro atoms. The smallest absolute Gasteiger partial charge is 0.170 e. The summed E-state index contributed by atoms with van der Waals surface area (Å²) in [7, 11) is 1.86. The van der Waals surface area contributed by atoms with Gasteiger partial charge in [-0.05, 0) is 13.0 Å². The van der Waals surface area contributed by atoms with Gasteiger partial charge in [0.2, 0.25) is 0 Å². The quantitative estimate of drug-likeness (QED) is 0.554. The predicted molar refractivity (Wildman–Crippen MR) is 75.7 cm³/mol. The van der Waals surface area contributed by atoms with Crippen LogP contribution in [0.5, 0.6) is 0 Å². The van der Waals surface area contributed by atoms with Crippen LogP contribution in [0, 0.1) is 6.92 Å². The fourth-order valence-electron chi connectivity index (χ4n) is 2.39. The lowest BCUT2D eigenvalue weighted by Crippen LogP contribution is -2.03. The van der Waals surface area contributed by atoms with Gasteiger partial charge >= 0.3 is 0 Å². The van der Waals surface area contributed by atoms with Gasteiger partial charge < -0.3 is 0 Å². The molecule has 0 unspecified atom stereocenters. The molecule has 0 amide bonds. The minimum atomic E-state index is 0.727. The molecule has 0 aliphatic carbocycles. The Hall–Kier alpha value is -2.77. The maximum Gasteiger partial charge on any atom is 0.170 e. The molecule has 0 saturated carbocycles. The lowest BCUT2D eigenvalue weighted by molar-refractivity contribution is 0.595. The van der Waals surface area contributed by atoms with E-state index in [-0.39, 0.29) is 0 Å². The summed E-state index contributed by atoms with van der Waals surface area (Å²) in [5.74, 6) is 0.779. The van der Waals surface area contributed by atoms with Gasteiger partial charge in [0.25, 0.3) is 0 Å². The predicted octanol–water partition coefficient (Wildman–Crippen LogP) is 0.759. The second-order valence-electron chi connectivity index (χ2n) is 5.02. The van der Waals surface area contributed by atoms with Crippen LogP contribution in [0.1, 0.15) is 11.5 Å². The van der Waals surface area contributed by atoms with Gasteiger partial charge in [-0.2, -0.15) is 10.2 Å². The fourth-order valence-corrected chi connectivity index (χ4v) is 2.39. The molecule has 0 aliphatic rings. The Balaban J connectivity index is 1.68. The van der Waals surface area contributed by atoms with Crippen molar-refractivity contribution >= 4 is 16.7 Å². The van der Waals surface area contributed by atoms with Gasteiger partial charge in [0.05, 0.1) is 17.3 Å². The second kappa shape index (κ2) is 4.37. The third kappa shape index (κ3) is 1.95. The first kappa shape index (κ1) is 12.0. The van der Waals surface area contributed by atoms with Crippen LogP contribution in [0.2, 0.25) is 0 Å². The second-order valence-corrected chi connectivity index (χ2v) is 5.02. The Kier molecular flexibility index (Phi) is 2.50. The first-order chi connectivity index (χ1) is 10.2. The van der Waals surface area contributed by atoms with Crippen LogP contribution in [0.3, 0.4) is 0 Å². The van der Waals surface area contributed by atoms with Crippen molar-refractivity contribution in [3.05, 3.63) is 36.3 Å². The number of hydrogen-bond acceptors (Lipinski definition) is 5. The van der Waals surface area contributed by atoms with E-state index in [4.69, 9.17) is 0 Å². The van der Waals surface area contributed by atoms with Gasteiger partial charge in [-0.3, -0.25) is 9.36 Å². The van der Waals surface area contributed by atoms with Crippen LogP contribution in [-0.2, 0) is 20.0 Å². The summed E-state index contributed by atoms with van der Waals surface area (Å²) in [6, 6.07) is 1.99. The van der Waals surface area contributed by atoms with E-state index in [0.29, 0.717) is 0 Å². The summed E-state index contributed by atoms with van der Waals surface area (Å²) in [6.45, 7) is 2.73. The molecule has 21 heavy (non-hydrogen) atoms. The Labute approximate surface area is 120 Å². The number of aryl methyl sites for hydroxylation is 4. The van der Waals surface area contributed by atoms with Gasteiger partial charge in [0.15, 0.2) is 17.1 Å². The molecule has 0 radical (unpaired) electrons. The topological polar surface area (TPSA) is 78.7 Å². The highest BCUT2D eigenvalue weighted by atomic mass is 15.3. The van der Waals surface area contributed by atoms with Crippen molar-refractivity contribution in [1.29, 1.82) is 0 Å². The highest BCUT2D eigenvalue weighted by Gasteiger charge is 2.11. The molecule has 4 aromatic rings. The maximum absolute atomic E-state index is 4.59. The van der Waals surface area contributed by atoms with Gasteiger partial charge in [-0.1, -0.05) is 0 Å². The van der Waals surface area contributed by atoms with Crippen molar-refractivity contribution in [1.82, 2.24) is 39.1 Å². The molecule has 4 rings (SSSR count). The molecule has 0 fully saturated rings. The number of rotatable bonds is 3. The van der Waals surface area contributed by atoms with Crippen LogP contribution < -0.4 is 0 Å². The number of aromatic nitrogens is 8. The summed E-state index contributed by atoms with van der Waals surface area (Å²) in [4.78, 5) is 8.94. The van der Waals surface area contributed by atoms with Gasteiger partial charge in [0.1, 0.15) is 6.33 Å². The fraction of sp³-hybridized carbons (Fsp3) is 0.308. The van der Waals surface area contributed by atoms with E-state index in [1.165, 1.54) is 0 Å². The normalized spacial score (nSPS) is 11.7. The molecule has 0 aromatic carbocycles. The van der Waals surface area contributed by atoms with Crippen LogP contribution in [0.25, 0.3) is 16.7 Å². The van der Waals surface area contributed by atoms with Crippen LogP contribution in [0.4, 0.5) is 0 Å². The zero-order valence-electron chi connectivity index (χ0n) is 11.8. The average Bonchev–Trinajstić information content (AvgIpc) is 3.15. The summed E-state index contributed by atoms with van der Waals surface area (Å²) in [5, 5.41) is 13.9. The molecule has 8 heteroatoms. The molecule has 0 bridgehead atoms. The van der Waals surface area contributed by atoms with E-state index < -0.39 is 0 Å². The van der Waals surface area contributed by atoms with Crippen LogP contribution in [0.15, 0.2) is 24.8 Å². The van der Waals surface area contributed by atoms with E-state index in [9.17, 15) is 0 Å². The van der Waals surface area contributed by atoms with E-state index >= 15 is 0 Å². The molecule has 0 saturated heterocycles. The Morgan fingerprint density at radius 3 is 2.90 bits per heavy atom. The van der Waals surface area contributed by atoms with Crippen LogP contribution >= 0.6 is 0 Å². The summed E-state index contributed by atoms with van der Waals surface area (Å²) in [5.41, 5.74) is 2.61. The third-order valence-corrected chi connectivity index (χ3v) is 3.45. The molecule has 4 aromatic heterocycles. The molecule has 0 atom stereocenters. The number of hydrogen-bond donors (Lipinski definition) is 0. The van der Waals surface area contributed by atoms with E-state index in [0.717, 1.165) is 41.2 Å². The summed E-state index contributed by atoms with van der Waals surface area (Å²) < 4.78 is 5.34. The highest BCUT2D eigenvalue weighted by Crippen LogP contribution is 2.15. The largest absolute Gasteiger partial charge is 0.272 e. The van der Waals surface area contributed by atoms with Crippen molar-refractivity contribution in [3.63, 3.8) is 0 Å². The first-order valence-electron chi connectivity index (χ1n) is 6.73. The first-order valence-corrected chi connectivity index (χ1v) is 6.73. The Morgan fingerprint density at radius 2 is 2.10 bits per heavy atom. The monoisotopic (exact) mass is 282 g/mol. The van der Waals surface area contributed by atoms with Crippen molar-refractivity contribution in [3.8, 4) is 0 Å². The lowest BCUT2D eigenvalue weighted by Gasteiger charge is -1.96. The lowest BCUT2D eigenvalue weighted by atomic mass is 10.4. The van der Waals surface area contributed by atoms with E-state index in [1.807, 2.05) is 30.9 Å². The van der Waals surface area contributed by atoms with Crippen LogP contribution in [-0.4, -0.2) is 39.1 Å². The van der Waals surface area contributed by atoms with E-state index in [2.05, 4.69) is 25.3 Å². The summed E-state index contributed by atoms with van der Waals surface area (Å²) in [6.07, 6.45) is 6.14. The highest BCUT2D eigenvalue weighted by molar-refractivity contribution is 5.88. The standard InChI is InChI=1S/C13H14N8/c1-9-3-5-20(17-9)6-4-11-16-13-10-7-15-19(2)12(10)14-8-21(13)18-11/h3,5,7-8H,4,6H2,1-2H3. The van der Waals surface area contributed by atoms with E-state index in [1.54, 1.807) is 21.7 Å². The van der Waals surface area contributed by atoms with Gasteiger partial charge in [-0.15, -0.1) is 5.10 Å². The molecule has 106 valence electrons. The SMILES string of the molecule is Cc1ccn(CCc2nc3c4cnn(C)c4ncn3n2)n1. The van der Waals surface area contributed by atoms with Crippen molar-refractivity contribution in [2.45, 2.75) is 19.9 Å². The third-order valence-electron chi connectivity index (χ3n) is 3.45. The van der Waals surface area contributed by atoms with Crippen molar-refractivity contribution in [2.24, 2.45) is 7.05 Å². The Bertz CT molecular complexity index is 928. The molecule has 8 nitrogen and oxygen atoms in total. The zero-order valence-corrected chi connectivity index (χ0v) is 11.8. The molecular formula is C13H14N8. The average molecular weight is 282 g/mol. The molecule has 0 aliphatic heterocycles. The minimum Gasteiger partial charge on any atom is -0.272 e.